The second kappa shape index (κ2) is 5.08. The van der Waals surface area contributed by atoms with Crippen molar-refractivity contribution in [2.24, 2.45) is 0 Å². The summed E-state index contributed by atoms with van der Waals surface area (Å²) in [6.45, 7) is 4.44. The fraction of sp³-hybridized carbons (Fsp3) is 0.333. The van der Waals surface area contributed by atoms with Crippen LogP contribution in [0, 0.1) is 0 Å². The van der Waals surface area contributed by atoms with Crippen LogP contribution in [0.2, 0.25) is 0 Å². The Morgan fingerprint density at radius 1 is 0.857 bits per heavy atom. The Balaban J connectivity index is 1.84. The molecule has 0 spiro atoms. The first-order chi connectivity index (χ1) is 10.3. The Morgan fingerprint density at radius 3 is 2.67 bits per heavy atom. The molecule has 2 aromatic carbocycles. The quantitative estimate of drug-likeness (QED) is 0.677. The highest BCUT2D eigenvalue weighted by Gasteiger charge is 2.17. The number of para-hydroxylation sites is 2. The molecule has 0 amide bonds. The highest BCUT2D eigenvalue weighted by molar-refractivity contribution is 6.08. The van der Waals surface area contributed by atoms with Crippen LogP contribution in [-0.2, 0) is 0 Å². The van der Waals surface area contributed by atoms with Crippen molar-refractivity contribution in [2.75, 3.05) is 38.1 Å². The van der Waals surface area contributed by atoms with E-state index in [1.807, 2.05) is 6.07 Å². The highest BCUT2D eigenvalue weighted by atomic mass is 16.3. The molecule has 0 radical (unpaired) electrons. The Bertz CT molecular complexity index is 777. The number of hydrogen-bond donors (Lipinski definition) is 0. The maximum absolute atomic E-state index is 6.15. The Morgan fingerprint density at radius 2 is 1.71 bits per heavy atom. The van der Waals surface area contributed by atoms with E-state index in [1.54, 1.807) is 0 Å². The molecule has 2 heterocycles. The van der Waals surface area contributed by atoms with Gasteiger partial charge in [-0.1, -0.05) is 30.3 Å². The number of fused-ring (bicyclic) bond motifs is 3. The number of furan rings is 1. The first-order valence-corrected chi connectivity index (χ1v) is 7.67. The summed E-state index contributed by atoms with van der Waals surface area (Å²) < 4.78 is 6.15. The maximum Gasteiger partial charge on any atom is 0.158 e. The first-order valence-electron chi connectivity index (χ1n) is 7.67. The molecule has 0 bridgehead atoms. The second-order valence-corrected chi connectivity index (χ2v) is 5.90. The topological polar surface area (TPSA) is 19.6 Å². The molecule has 0 atom stereocenters. The van der Waals surface area contributed by atoms with Gasteiger partial charge in [-0.25, -0.2) is 0 Å². The second-order valence-electron chi connectivity index (χ2n) is 5.90. The fourth-order valence-corrected chi connectivity index (χ4v) is 3.27. The SMILES string of the molecule is CN1CCCN(c2cccc3c2oc2ccccc23)CC1. The van der Waals surface area contributed by atoms with E-state index in [9.17, 15) is 0 Å². The molecule has 1 aliphatic rings. The zero-order valence-electron chi connectivity index (χ0n) is 12.4. The van der Waals surface area contributed by atoms with E-state index < -0.39 is 0 Å². The third-order valence-corrected chi connectivity index (χ3v) is 4.44. The van der Waals surface area contributed by atoms with Gasteiger partial charge in [-0.3, -0.25) is 0 Å². The molecular formula is C18H20N2O. The van der Waals surface area contributed by atoms with Crippen molar-refractivity contribution in [1.82, 2.24) is 4.90 Å². The van der Waals surface area contributed by atoms with Crippen LogP contribution < -0.4 is 4.90 Å². The summed E-state index contributed by atoms with van der Waals surface area (Å²) in [6.07, 6.45) is 1.20. The van der Waals surface area contributed by atoms with Crippen LogP contribution >= 0.6 is 0 Å². The minimum absolute atomic E-state index is 0.979. The summed E-state index contributed by atoms with van der Waals surface area (Å²) >= 11 is 0. The van der Waals surface area contributed by atoms with Gasteiger partial charge in [0.25, 0.3) is 0 Å². The van der Waals surface area contributed by atoms with E-state index in [1.165, 1.54) is 29.4 Å². The molecule has 1 fully saturated rings. The predicted octanol–water partition coefficient (Wildman–Crippen LogP) is 3.73. The first kappa shape index (κ1) is 12.7. The monoisotopic (exact) mass is 280 g/mol. The predicted molar refractivity (Wildman–Crippen MR) is 88.0 cm³/mol. The van der Waals surface area contributed by atoms with Gasteiger partial charge in [-0.15, -0.1) is 0 Å². The zero-order valence-corrected chi connectivity index (χ0v) is 12.4. The lowest BCUT2D eigenvalue weighted by Crippen LogP contribution is -2.28. The Hall–Kier alpha value is -2.00. The molecule has 3 nitrogen and oxygen atoms in total. The smallest absolute Gasteiger partial charge is 0.158 e. The standard InChI is InChI=1S/C18H20N2O/c1-19-10-5-11-20(13-12-19)16-8-4-7-15-14-6-2-3-9-17(14)21-18(15)16/h2-4,6-9H,5,10-13H2,1H3. The van der Waals surface area contributed by atoms with Crippen molar-refractivity contribution in [3.8, 4) is 0 Å². The number of rotatable bonds is 1. The Labute approximate surface area is 124 Å². The van der Waals surface area contributed by atoms with E-state index >= 15 is 0 Å². The van der Waals surface area contributed by atoms with Gasteiger partial charge in [0, 0.05) is 30.4 Å². The van der Waals surface area contributed by atoms with E-state index in [4.69, 9.17) is 4.42 Å². The number of hydrogen-bond acceptors (Lipinski definition) is 3. The summed E-state index contributed by atoms with van der Waals surface area (Å²) in [5.41, 5.74) is 3.24. The maximum atomic E-state index is 6.15. The van der Waals surface area contributed by atoms with E-state index in [2.05, 4.69) is 53.2 Å². The molecule has 21 heavy (non-hydrogen) atoms. The fourth-order valence-electron chi connectivity index (χ4n) is 3.27. The molecule has 4 rings (SSSR count). The van der Waals surface area contributed by atoms with Crippen LogP contribution in [0.5, 0.6) is 0 Å². The van der Waals surface area contributed by atoms with Gasteiger partial charge in [0.05, 0.1) is 5.69 Å². The minimum atomic E-state index is 0.979. The Kier molecular flexibility index (Phi) is 3.08. The lowest BCUT2D eigenvalue weighted by Gasteiger charge is -2.22. The average molecular weight is 280 g/mol. The molecule has 0 N–H and O–H groups in total. The molecular weight excluding hydrogens is 260 g/mol. The summed E-state index contributed by atoms with van der Waals surface area (Å²) in [5.74, 6) is 0. The van der Waals surface area contributed by atoms with Gasteiger partial charge in [0.1, 0.15) is 5.58 Å². The molecule has 1 aliphatic heterocycles. The van der Waals surface area contributed by atoms with Crippen LogP contribution in [0.25, 0.3) is 21.9 Å². The molecule has 0 aliphatic carbocycles. The van der Waals surface area contributed by atoms with Crippen LogP contribution in [0.3, 0.4) is 0 Å². The number of anilines is 1. The van der Waals surface area contributed by atoms with E-state index in [0.29, 0.717) is 0 Å². The summed E-state index contributed by atoms with van der Waals surface area (Å²) in [4.78, 5) is 4.87. The van der Waals surface area contributed by atoms with Gasteiger partial charge in [-0.2, -0.15) is 0 Å². The number of likely N-dealkylation sites (N-methyl/N-ethyl adjacent to an activating group) is 1. The van der Waals surface area contributed by atoms with Crippen LogP contribution in [-0.4, -0.2) is 38.1 Å². The normalized spacial score (nSPS) is 17.5. The third kappa shape index (κ3) is 2.18. The largest absolute Gasteiger partial charge is 0.454 e. The van der Waals surface area contributed by atoms with Crippen molar-refractivity contribution in [2.45, 2.75) is 6.42 Å². The van der Waals surface area contributed by atoms with Gasteiger partial charge in [-0.05, 0) is 32.1 Å². The third-order valence-electron chi connectivity index (χ3n) is 4.44. The van der Waals surface area contributed by atoms with Crippen molar-refractivity contribution in [1.29, 1.82) is 0 Å². The molecule has 3 heteroatoms. The van der Waals surface area contributed by atoms with Gasteiger partial charge >= 0.3 is 0 Å². The summed E-state index contributed by atoms with van der Waals surface area (Å²) in [5, 5.41) is 2.43. The number of nitrogens with zero attached hydrogens (tertiary/aromatic N) is 2. The van der Waals surface area contributed by atoms with E-state index in [-0.39, 0.29) is 0 Å². The van der Waals surface area contributed by atoms with Gasteiger partial charge < -0.3 is 14.2 Å². The molecule has 1 aromatic heterocycles. The lowest BCUT2D eigenvalue weighted by atomic mass is 10.1. The van der Waals surface area contributed by atoms with Crippen molar-refractivity contribution in [3.63, 3.8) is 0 Å². The van der Waals surface area contributed by atoms with Crippen LogP contribution in [0.15, 0.2) is 46.9 Å². The highest BCUT2D eigenvalue weighted by Crippen LogP contribution is 2.35. The molecule has 0 unspecified atom stereocenters. The van der Waals surface area contributed by atoms with Crippen LogP contribution in [0.1, 0.15) is 6.42 Å². The van der Waals surface area contributed by atoms with Crippen molar-refractivity contribution >= 4 is 27.6 Å². The number of benzene rings is 2. The molecule has 108 valence electrons. The van der Waals surface area contributed by atoms with Gasteiger partial charge in [0.2, 0.25) is 0 Å². The summed E-state index contributed by atoms with van der Waals surface area (Å²) in [6, 6.07) is 14.8. The van der Waals surface area contributed by atoms with Crippen LogP contribution in [0.4, 0.5) is 5.69 Å². The van der Waals surface area contributed by atoms with E-state index in [0.717, 1.165) is 30.8 Å². The lowest BCUT2D eigenvalue weighted by molar-refractivity contribution is 0.360. The minimum Gasteiger partial charge on any atom is -0.454 e. The molecule has 3 aromatic rings. The zero-order chi connectivity index (χ0) is 14.2. The average Bonchev–Trinajstić information content (AvgIpc) is 2.76. The van der Waals surface area contributed by atoms with Gasteiger partial charge in [0.15, 0.2) is 5.58 Å². The van der Waals surface area contributed by atoms with Crippen molar-refractivity contribution < 1.29 is 4.42 Å². The molecule has 1 saturated heterocycles. The molecule has 0 saturated carbocycles. The van der Waals surface area contributed by atoms with Crippen molar-refractivity contribution in [3.05, 3.63) is 42.5 Å². The summed E-state index contributed by atoms with van der Waals surface area (Å²) in [7, 11) is 2.20.